The summed E-state index contributed by atoms with van der Waals surface area (Å²) in [7, 11) is 3.61. The Labute approximate surface area is 70.5 Å². The van der Waals surface area contributed by atoms with E-state index in [0.717, 1.165) is 0 Å². The van der Waals surface area contributed by atoms with Crippen molar-refractivity contribution >= 4 is 0 Å². The lowest BCUT2D eigenvalue weighted by atomic mass is 10.1. The van der Waals surface area contributed by atoms with Crippen LogP contribution in [0.3, 0.4) is 0 Å². The highest BCUT2D eigenvalue weighted by Crippen LogP contribution is 2.21. The predicted molar refractivity (Wildman–Crippen MR) is 41.8 cm³/mol. The molecule has 0 saturated heterocycles. The van der Waals surface area contributed by atoms with E-state index in [0.29, 0.717) is 13.0 Å². The Kier molecular flexibility index (Phi) is 4.55. The zero-order chi connectivity index (χ0) is 9.78. The second-order valence-electron chi connectivity index (χ2n) is 3.17. The van der Waals surface area contributed by atoms with Crippen molar-refractivity contribution in [3.63, 3.8) is 0 Å². The van der Waals surface area contributed by atoms with Gasteiger partial charge < -0.3 is 10.6 Å². The zero-order valence-corrected chi connectivity index (χ0v) is 7.36. The van der Waals surface area contributed by atoms with E-state index in [2.05, 4.69) is 0 Å². The molecular formula is C7H15F3N2. The molecule has 12 heavy (non-hydrogen) atoms. The molecule has 1 atom stereocenters. The fourth-order valence-corrected chi connectivity index (χ4v) is 0.823. The Balaban J connectivity index is 3.53. The zero-order valence-electron chi connectivity index (χ0n) is 7.36. The molecule has 0 aliphatic carbocycles. The third-order valence-corrected chi connectivity index (χ3v) is 1.44. The van der Waals surface area contributed by atoms with E-state index in [-0.39, 0.29) is 0 Å². The summed E-state index contributed by atoms with van der Waals surface area (Å²) in [4.78, 5) is 1.82. The lowest BCUT2D eigenvalue weighted by molar-refractivity contribution is -0.138. The monoisotopic (exact) mass is 184 g/mol. The van der Waals surface area contributed by atoms with E-state index in [1.165, 1.54) is 0 Å². The topological polar surface area (TPSA) is 29.3 Å². The first-order valence-corrected chi connectivity index (χ1v) is 3.78. The van der Waals surface area contributed by atoms with Crippen molar-refractivity contribution in [1.82, 2.24) is 4.90 Å². The van der Waals surface area contributed by atoms with Crippen LogP contribution >= 0.6 is 0 Å². The number of nitrogens with two attached hydrogens (primary N) is 1. The fraction of sp³-hybridized carbons (Fsp3) is 1.00. The van der Waals surface area contributed by atoms with Crippen LogP contribution in [0.1, 0.15) is 12.8 Å². The van der Waals surface area contributed by atoms with Gasteiger partial charge in [-0.3, -0.25) is 0 Å². The highest BCUT2D eigenvalue weighted by molar-refractivity contribution is 4.67. The Bertz CT molecular complexity index is 122. The molecular weight excluding hydrogens is 169 g/mol. The second-order valence-corrected chi connectivity index (χ2v) is 3.17. The normalized spacial score (nSPS) is 15.2. The van der Waals surface area contributed by atoms with Gasteiger partial charge in [-0.15, -0.1) is 0 Å². The smallest absolute Gasteiger partial charge is 0.327 e. The molecule has 2 nitrogen and oxygen atoms in total. The van der Waals surface area contributed by atoms with Gasteiger partial charge in [0.05, 0.1) is 6.42 Å². The molecule has 0 amide bonds. The Morgan fingerprint density at radius 3 is 2.17 bits per heavy atom. The van der Waals surface area contributed by atoms with Gasteiger partial charge in [0, 0.05) is 6.04 Å². The van der Waals surface area contributed by atoms with Crippen molar-refractivity contribution in [2.24, 2.45) is 5.73 Å². The molecule has 0 bridgehead atoms. The molecule has 0 radical (unpaired) electrons. The quantitative estimate of drug-likeness (QED) is 0.711. The maximum Gasteiger partial charge on any atom is 0.390 e. The van der Waals surface area contributed by atoms with E-state index in [4.69, 9.17) is 5.73 Å². The van der Waals surface area contributed by atoms with Crippen LogP contribution in [-0.2, 0) is 0 Å². The van der Waals surface area contributed by atoms with Crippen LogP contribution in [0, 0.1) is 0 Å². The molecule has 0 spiro atoms. The van der Waals surface area contributed by atoms with Gasteiger partial charge in [0.15, 0.2) is 0 Å². The molecule has 2 N–H and O–H groups in total. The van der Waals surface area contributed by atoms with E-state index in [1.54, 1.807) is 14.1 Å². The first kappa shape index (κ1) is 11.7. The van der Waals surface area contributed by atoms with E-state index in [1.807, 2.05) is 4.90 Å². The van der Waals surface area contributed by atoms with Crippen molar-refractivity contribution in [3.8, 4) is 0 Å². The summed E-state index contributed by atoms with van der Waals surface area (Å²) in [5, 5.41) is 0. The first-order valence-electron chi connectivity index (χ1n) is 3.78. The molecule has 0 saturated carbocycles. The number of rotatable bonds is 4. The van der Waals surface area contributed by atoms with Crippen LogP contribution in [-0.4, -0.2) is 37.8 Å². The number of hydrogen-bond acceptors (Lipinski definition) is 2. The van der Waals surface area contributed by atoms with Crippen molar-refractivity contribution in [3.05, 3.63) is 0 Å². The summed E-state index contributed by atoms with van der Waals surface area (Å²) in [6.45, 7) is 0.594. The Morgan fingerprint density at radius 1 is 1.33 bits per heavy atom. The van der Waals surface area contributed by atoms with Crippen LogP contribution in [0.15, 0.2) is 0 Å². The molecule has 0 aromatic carbocycles. The van der Waals surface area contributed by atoms with Crippen LogP contribution in [0.2, 0.25) is 0 Å². The van der Waals surface area contributed by atoms with E-state index >= 15 is 0 Å². The molecule has 0 heterocycles. The molecule has 0 aliphatic heterocycles. The van der Waals surface area contributed by atoms with Crippen molar-refractivity contribution in [1.29, 1.82) is 0 Å². The minimum absolute atomic E-state index is 0.381. The van der Waals surface area contributed by atoms with Gasteiger partial charge in [0.25, 0.3) is 0 Å². The molecule has 74 valence electrons. The molecule has 0 aromatic heterocycles. The van der Waals surface area contributed by atoms with Gasteiger partial charge in [0.2, 0.25) is 0 Å². The predicted octanol–water partition coefficient (Wildman–Crippen LogP) is 1.22. The maximum absolute atomic E-state index is 11.7. The molecule has 0 aliphatic rings. The van der Waals surface area contributed by atoms with Crippen LogP contribution in [0.25, 0.3) is 0 Å². The highest BCUT2D eigenvalue weighted by Gasteiger charge is 2.29. The second kappa shape index (κ2) is 4.67. The summed E-state index contributed by atoms with van der Waals surface area (Å²) in [6, 6.07) is -0.771. The minimum Gasteiger partial charge on any atom is -0.327 e. The van der Waals surface area contributed by atoms with Crippen LogP contribution in [0.4, 0.5) is 13.2 Å². The summed E-state index contributed by atoms with van der Waals surface area (Å²) in [6.07, 6.45) is -4.64. The average Bonchev–Trinajstić information content (AvgIpc) is 1.79. The third-order valence-electron chi connectivity index (χ3n) is 1.44. The fourth-order valence-electron chi connectivity index (χ4n) is 0.823. The lowest BCUT2D eigenvalue weighted by Gasteiger charge is -2.16. The number of alkyl halides is 3. The van der Waals surface area contributed by atoms with Gasteiger partial charge in [-0.2, -0.15) is 13.2 Å². The minimum atomic E-state index is -4.13. The van der Waals surface area contributed by atoms with Crippen molar-refractivity contribution in [2.75, 3.05) is 20.6 Å². The average molecular weight is 184 g/mol. The number of nitrogens with zero attached hydrogens (tertiary/aromatic N) is 1. The molecule has 0 fully saturated rings. The summed E-state index contributed by atoms with van der Waals surface area (Å²) in [5.74, 6) is 0. The van der Waals surface area contributed by atoms with Gasteiger partial charge in [-0.25, -0.2) is 0 Å². The molecule has 1 unspecified atom stereocenters. The Morgan fingerprint density at radius 2 is 1.83 bits per heavy atom. The Hall–Kier alpha value is -0.290. The number of halogens is 3. The van der Waals surface area contributed by atoms with Gasteiger partial charge in [-0.05, 0) is 27.1 Å². The van der Waals surface area contributed by atoms with Crippen LogP contribution in [0.5, 0.6) is 0 Å². The summed E-state index contributed by atoms with van der Waals surface area (Å²) < 4.78 is 35.2. The standard InChI is InChI=1S/C7H15F3N2/c1-12(2)4-3-6(11)5-7(8,9)10/h6H,3-5,11H2,1-2H3. The number of hydrogen-bond donors (Lipinski definition) is 1. The molecule has 5 heteroatoms. The SMILES string of the molecule is CN(C)CCC(N)CC(F)(F)F. The van der Waals surface area contributed by atoms with E-state index < -0.39 is 18.6 Å². The van der Waals surface area contributed by atoms with Crippen molar-refractivity contribution < 1.29 is 13.2 Å². The largest absolute Gasteiger partial charge is 0.390 e. The van der Waals surface area contributed by atoms with Crippen molar-refractivity contribution in [2.45, 2.75) is 25.1 Å². The van der Waals surface area contributed by atoms with Gasteiger partial charge in [-0.1, -0.05) is 0 Å². The lowest BCUT2D eigenvalue weighted by Crippen LogP contribution is -2.31. The molecule has 0 aromatic rings. The van der Waals surface area contributed by atoms with Crippen LogP contribution < -0.4 is 5.73 Å². The first-order chi connectivity index (χ1) is 5.31. The van der Waals surface area contributed by atoms with Gasteiger partial charge >= 0.3 is 6.18 Å². The highest BCUT2D eigenvalue weighted by atomic mass is 19.4. The molecule has 0 rings (SSSR count). The summed E-state index contributed by atoms with van der Waals surface area (Å²) in [5.41, 5.74) is 5.26. The third kappa shape index (κ3) is 7.81. The summed E-state index contributed by atoms with van der Waals surface area (Å²) >= 11 is 0. The van der Waals surface area contributed by atoms with E-state index in [9.17, 15) is 13.2 Å². The van der Waals surface area contributed by atoms with Gasteiger partial charge in [0.1, 0.15) is 0 Å². The maximum atomic E-state index is 11.7.